The molecule has 0 aliphatic carbocycles. The van der Waals surface area contributed by atoms with E-state index in [1.807, 2.05) is 0 Å². The van der Waals surface area contributed by atoms with Crippen LogP contribution in [0.15, 0.2) is 0 Å². The number of carboxylic acids is 1. The standard InChI is InChI=1S/C10H14N2O4S3/c1-6-8(9(13)14)11-10(18-6)12-3-4-17-5-7(12)19(2,15)16/h7H,3-5H2,1-2H3,(H,13,14). The highest BCUT2D eigenvalue weighted by molar-refractivity contribution is 8.01. The van der Waals surface area contributed by atoms with E-state index < -0.39 is 21.2 Å². The number of aromatic nitrogens is 1. The van der Waals surface area contributed by atoms with Gasteiger partial charge < -0.3 is 10.0 Å². The zero-order valence-corrected chi connectivity index (χ0v) is 12.9. The molecule has 6 nitrogen and oxygen atoms in total. The molecule has 0 spiro atoms. The summed E-state index contributed by atoms with van der Waals surface area (Å²) in [7, 11) is -3.22. The Morgan fingerprint density at radius 2 is 2.21 bits per heavy atom. The molecule has 1 aliphatic rings. The van der Waals surface area contributed by atoms with Crippen LogP contribution in [0, 0.1) is 6.92 Å². The monoisotopic (exact) mass is 322 g/mol. The Labute approximate surface area is 119 Å². The van der Waals surface area contributed by atoms with Crippen molar-refractivity contribution in [2.24, 2.45) is 0 Å². The van der Waals surface area contributed by atoms with Gasteiger partial charge in [0.15, 0.2) is 20.7 Å². The molecule has 9 heteroatoms. The van der Waals surface area contributed by atoms with Gasteiger partial charge >= 0.3 is 5.97 Å². The molecule has 1 aliphatic heterocycles. The summed E-state index contributed by atoms with van der Waals surface area (Å²) >= 11 is 2.81. The van der Waals surface area contributed by atoms with Gasteiger partial charge in [-0.25, -0.2) is 18.2 Å². The van der Waals surface area contributed by atoms with Gasteiger partial charge in [0.25, 0.3) is 0 Å². The van der Waals surface area contributed by atoms with Crippen molar-refractivity contribution < 1.29 is 18.3 Å². The van der Waals surface area contributed by atoms with E-state index in [1.165, 1.54) is 17.6 Å². The lowest BCUT2D eigenvalue weighted by Crippen LogP contribution is -2.47. The predicted molar refractivity (Wildman–Crippen MR) is 77.1 cm³/mol. The van der Waals surface area contributed by atoms with Gasteiger partial charge in [0, 0.05) is 29.2 Å². The maximum absolute atomic E-state index is 11.8. The maximum Gasteiger partial charge on any atom is 0.355 e. The molecule has 0 bridgehead atoms. The van der Waals surface area contributed by atoms with Crippen molar-refractivity contribution in [3.8, 4) is 0 Å². The Morgan fingerprint density at radius 3 is 2.74 bits per heavy atom. The number of hydrogen-bond donors (Lipinski definition) is 1. The number of thiazole rings is 1. The number of rotatable bonds is 3. The van der Waals surface area contributed by atoms with Crippen LogP contribution in [0.2, 0.25) is 0 Å². The van der Waals surface area contributed by atoms with Crippen LogP contribution in [0.25, 0.3) is 0 Å². The second-order valence-corrected chi connectivity index (χ2v) is 8.79. The number of carbonyl (C=O) groups is 1. The highest BCUT2D eigenvalue weighted by atomic mass is 32.2. The minimum Gasteiger partial charge on any atom is -0.476 e. The molecule has 2 heterocycles. The first-order chi connectivity index (χ1) is 8.80. The van der Waals surface area contributed by atoms with E-state index in [-0.39, 0.29) is 5.69 Å². The number of hydrogen-bond acceptors (Lipinski definition) is 7. The number of carboxylic acid groups (broad SMARTS) is 1. The van der Waals surface area contributed by atoms with E-state index in [1.54, 1.807) is 23.6 Å². The van der Waals surface area contributed by atoms with Gasteiger partial charge in [0.2, 0.25) is 0 Å². The fourth-order valence-electron chi connectivity index (χ4n) is 1.86. The molecule has 1 saturated heterocycles. The lowest BCUT2D eigenvalue weighted by atomic mass is 10.4. The molecule has 1 fully saturated rings. The first-order valence-electron chi connectivity index (χ1n) is 5.54. The normalized spacial score (nSPS) is 20.5. The smallest absolute Gasteiger partial charge is 0.355 e. The summed E-state index contributed by atoms with van der Waals surface area (Å²) in [6, 6.07) is 0. The first-order valence-corrected chi connectivity index (χ1v) is 9.47. The van der Waals surface area contributed by atoms with Crippen LogP contribution in [0.1, 0.15) is 15.4 Å². The van der Waals surface area contributed by atoms with Crippen molar-refractivity contribution in [1.82, 2.24) is 4.98 Å². The molecule has 1 atom stereocenters. The van der Waals surface area contributed by atoms with Gasteiger partial charge in [-0.05, 0) is 6.92 Å². The molecule has 19 heavy (non-hydrogen) atoms. The average molecular weight is 322 g/mol. The van der Waals surface area contributed by atoms with Crippen LogP contribution in [0.3, 0.4) is 0 Å². The molecule has 1 aromatic heterocycles. The van der Waals surface area contributed by atoms with Crippen molar-refractivity contribution in [3.63, 3.8) is 0 Å². The number of anilines is 1. The van der Waals surface area contributed by atoms with Crippen molar-refractivity contribution in [2.75, 3.05) is 29.2 Å². The highest BCUT2D eigenvalue weighted by Gasteiger charge is 2.33. The fourth-order valence-corrected chi connectivity index (χ4v) is 5.72. The Bertz CT molecular complexity index is 596. The molecule has 0 aromatic carbocycles. The number of aromatic carboxylic acids is 1. The quantitative estimate of drug-likeness (QED) is 0.890. The van der Waals surface area contributed by atoms with Gasteiger partial charge in [0.05, 0.1) is 0 Å². The molecular weight excluding hydrogens is 308 g/mol. The molecule has 2 rings (SSSR count). The molecule has 0 saturated carbocycles. The van der Waals surface area contributed by atoms with E-state index in [0.717, 1.165) is 5.75 Å². The third-order valence-corrected chi connectivity index (χ3v) is 6.46. The van der Waals surface area contributed by atoms with Crippen LogP contribution in [0.4, 0.5) is 5.13 Å². The molecule has 1 N–H and O–H groups in total. The van der Waals surface area contributed by atoms with Gasteiger partial charge in [-0.2, -0.15) is 11.8 Å². The highest BCUT2D eigenvalue weighted by Crippen LogP contribution is 2.31. The number of sulfone groups is 1. The average Bonchev–Trinajstić information content (AvgIpc) is 2.70. The lowest BCUT2D eigenvalue weighted by Gasteiger charge is -2.33. The summed E-state index contributed by atoms with van der Waals surface area (Å²) < 4.78 is 23.6. The summed E-state index contributed by atoms with van der Waals surface area (Å²) in [5.74, 6) is 0.217. The Morgan fingerprint density at radius 1 is 1.53 bits per heavy atom. The van der Waals surface area contributed by atoms with Crippen molar-refractivity contribution >= 4 is 44.0 Å². The topological polar surface area (TPSA) is 87.6 Å². The second-order valence-electron chi connectivity index (χ2n) is 4.26. The second kappa shape index (κ2) is 5.29. The molecule has 106 valence electrons. The maximum atomic E-state index is 11.8. The van der Waals surface area contributed by atoms with Gasteiger partial charge in [0.1, 0.15) is 5.37 Å². The molecular formula is C10H14N2O4S3. The number of thioether (sulfide) groups is 1. The minimum atomic E-state index is -3.22. The van der Waals surface area contributed by atoms with Crippen LogP contribution >= 0.6 is 23.1 Å². The zero-order chi connectivity index (χ0) is 14.2. The van der Waals surface area contributed by atoms with Crippen LogP contribution in [-0.2, 0) is 9.84 Å². The van der Waals surface area contributed by atoms with E-state index in [0.29, 0.717) is 22.3 Å². The third-order valence-electron chi connectivity index (χ3n) is 2.81. The van der Waals surface area contributed by atoms with E-state index >= 15 is 0 Å². The van der Waals surface area contributed by atoms with Crippen LogP contribution in [0.5, 0.6) is 0 Å². The SMILES string of the molecule is Cc1sc(N2CCSCC2S(C)(=O)=O)nc1C(=O)O. The largest absolute Gasteiger partial charge is 0.476 e. The third kappa shape index (κ3) is 3.03. The molecule has 0 amide bonds. The first kappa shape index (κ1) is 14.6. The van der Waals surface area contributed by atoms with Crippen molar-refractivity contribution in [1.29, 1.82) is 0 Å². The van der Waals surface area contributed by atoms with Crippen LogP contribution < -0.4 is 4.90 Å². The summed E-state index contributed by atoms with van der Waals surface area (Å²) in [4.78, 5) is 17.4. The molecule has 0 radical (unpaired) electrons. The summed E-state index contributed by atoms with van der Waals surface area (Å²) in [5, 5.41) is 8.86. The van der Waals surface area contributed by atoms with Crippen LogP contribution in [-0.4, -0.2) is 54.2 Å². The summed E-state index contributed by atoms with van der Waals surface area (Å²) in [6.45, 7) is 2.24. The molecule has 1 aromatic rings. The van der Waals surface area contributed by atoms with E-state index in [9.17, 15) is 13.2 Å². The van der Waals surface area contributed by atoms with E-state index in [4.69, 9.17) is 5.11 Å². The summed E-state index contributed by atoms with van der Waals surface area (Å²) in [6.07, 6.45) is 1.20. The minimum absolute atomic E-state index is 0.00507. The van der Waals surface area contributed by atoms with Gasteiger partial charge in [-0.1, -0.05) is 0 Å². The summed E-state index contributed by atoms with van der Waals surface area (Å²) in [5.41, 5.74) is 0.00507. The Hall–Kier alpha value is -0.800. The van der Waals surface area contributed by atoms with E-state index in [2.05, 4.69) is 4.98 Å². The predicted octanol–water partition coefficient (Wildman–Crippen LogP) is 1.07. The Kier molecular flexibility index (Phi) is 4.07. The van der Waals surface area contributed by atoms with Gasteiger partial charge in [-0.3, -0.25) is 0 Å². The fraction of sp³-hybridized carbons (Fsp3) is 0.600. The molecule has 1 unspecified atom stereocenters. The Balaban J connectivity index is 2.38. The van der Waals surface area contributed by atoms with Gasteiger partial charge in [-0.15, -0.1) is 11.3 Å². The lowest BCUT2D eigenvalue weighted by molar-refractivity contribution is 0.0690. The van der Waals surface area contributed by atoms with Crippen molar-refractivity contribution in [3.05, 3.63) is 10.6 Å². The number of nitrogens with zero attached hydrogens (tertiary/aromatic N) is 2. The zero-order valence-electron chi connectivity index (χ0n) is 10.5. The van der Waals surface area contributed by atoms with Crippen molar-refractivity contribution in [2.45, 2.75) is 12.3 Å². The number of aryl methyl sites for hydroxylation is 1.